The molecule has 0 fully saturated rings. The van der Waals surface area contributed by atoms with E-state index in [9.17, 15) is 19.5 Å². The Kier molecular flexibility index (Phi) is 8.61. The fourth-order valence-corrected chi connectivity index (χ4v) is 2.95. The Balaban J connectivity index is 2.53. The van der Waals surface area contributed by atoms with Crippen molar-refractivity contribution >= 4 is 33.7 Å². The molecule has 0 bridgehead atoms. The molecule has 0 aliphatic carbocycles. The van der Waals surface area contributed by atoms with Gasteiger partial charge in [0.25, 0.3) is 5.91 Å². The summed E-state index contributed by atoms with van der Waals surface area (Å²) in [5.74, 6) is -2.24. The second kappa shape index (κ2) is 10.2. The third kappa shape index (κ3) is 7.25. The summed E-state index contributed by atoms with van der Waals surface area (Å²) in [6.07, 6.45) is 1.36. The van der Waals surface area contributed by atoms with Crippen LogP contribution in [0.1, 0.15) is 50.4 Å². The second-order valence-electron chi connectivity index (χ2n) is 6.58. The Labute approximate surface area is 156 Å². The third-order valence-electron chi connectivity index (χ3n) is 4.00. The first kappa shape index (κ1) is 21.2. The predicted octanol–water partition coefficient (Wildman–Crippen LogP) is 3.37. The van der Waals surface area contributed by atoms with E-state index in [1.165, 1.54) is 0 Å². The van der Waals surface area contributed by atoms with Crippen LogP contribution in [-0.4, -0.2) is 22.9 Å². The number of rotatable bonds is 8. The smallest absolute Gasteiger partial charge is 0.306 e. The minimum absolute atomic E-state index is 0.0330. The van der Waals surface area contributed by atoms with Gasteiger partial charge >= 0.3 is 5.97 Å². The van der Waals surface area contributed by atoms with Crippen LogP contribution in [0.2, 0.25) is 0 Å². The normalized spacial score (nSPS) is 13.2. The molecule has 0 saturated carbocycles. The van der Waals surface area contributed by atoms with Crippen molar-refractivity contribution in [2.24, 2.45) is 17.8 Å². The molecule has 0 spiro atoms. The van der Waals surface area contributed by atoms with E-state index < -0.39 is 23.7 Å². The van der Waals surface area contributed by atoms with Crippen molar-refractivity contribution in [2.75, 3.05) is 0 Å². The van der Waals surface area contributed by atoms with Gasteiger partial charge in [0, 0.05) is 10.9 Å². The molecular weight excluding hydrogens is 388 g/mol. The van der Waals surface area contributed by atoms with Crippen LogP contribution in [0.5, 0.6) is 0 Å². The van der Waals surface area contributed by atoms with Gasteiger partial charge in [0.1, 0.15) is 0 Å². The van der Waals surface area contributed by atoms with E-state index in [4.69, 9.17) is 0 Å². The lowest BCUT2D eigenvalue weighted by Crippen LogP contribution is -2.42. The Hall–Kier alpha value is -1.89. The van der Waals surface area contributed by atoms with Crippen LogP contribution in [0.3, 0.4) is 0 Å². The minimum atomic E-state index is -0.891. The van der Waals surface area contributed by atoms with E-state index in [0.29, 0.717) is 22.4 Å². The zero-order valence-electron chi connectivity index (χ0n) is 14.7. The van der Waals surface area contributed by atoms with Gasteiger partial charge < -0.3 is 5.11 Å². The van der Waals surface area contributed by atoms with Gasteiger partial charge in [0.05, 0.1) is 11.5 Å². The molecule has 1 aromatic rings. The lowest BCUT2D eigenvalue weighted by Gasteiger charge is -2.20. The summed E-state index contributed by atoms with van der Waals surface area (Å²) >= 11 is 3.27. The maximum atomic E-state index is 12.0. The number of halogens is 1. The van der Waals surface area contributed by atoms with Crippen LogP contribution in [0, 0.1) is 17.8 Å². The van der Waals surface area contributed by atoms with Crippen molar-refractivity contribution in [1.29, 1.82) is 0 Å². The minimum Gasteiger partial charge on any atom is -0.481 e. The Morgan fingerprint density at radius 1 is 1.08 bits per heavy atom. The fraction of sp³-hybridized carbons (Fsp3) is 0.500. The van der Waals surface area contributed by atoms with Gasteiger partial charge in [-0.15, -0.1) is 0 Å². The zero-order valence-corrected chi connectivity index (χ0v) is 16.3. The summed E-state index contributed by atoms with van der Waals surface area (Å²) in [5.41, 5.74) is 5.09. The maximum absolute atomic E-state index is 12.0. The van der Waals surface area contributed by atoms with Gasteiger partial charge in [-0.05, 0) is 46.3 Å². The van der Waals surface area contributed by atoms with Crippen molar-refractivity contribution < 1.29 is 19.5 Å². The lowest BCUT2D eigenvalue weighted by molar-refractivity contribution is -0.144. The van der Waals surface area contributed by atoms with Gasteiger partial charge in [-0.25, -0.2) is 0 Å². The largest absolute Gasteiger partial charge is 0.481 e. The predicted molar refractivity (Wildman–Crippen MR) is 98.7 cm³/mol. The summed E-state index contributed by atoms with van der Waals surface area (Å²) in [4.78, 5) is 35.5. The SMILES string of the molecule is CC(C)CC[C@@H](C(=O)O)[C@@H](C)CC(=O)NNC(=O)c1ccccc1Br. The second-order valence-corrected chi connectivity index (χ2v) is 7.43. The van der Waals surface area contributed by atoms with Gasteiger partial charge in [-0.1, -0.05) is 39.3 Å². The Morgan fingerprint density at radius 2 is 1.72 bits per heavy atom. The monoisotopic (exact) mass is 412 g/mol. The van der Waals surface area contributed by atoms with Gasteiger partial charge in [-0.2, -0.15) is 0 Å². The van der Waals surface area contributed by atoms with E-state index >= 15 is 0 Å². The first-order valence-corrected chi connectivity index (χ1v) is 9.08. The van der Waals surface area contributed by atoms with Gasteiger partial charge in [-0.3, -0.25) is 25.2 Å². The van der Waals surface area contributed by atoms with Gasteiger partial charge in [0.2, 0.25) is 5.91 Å². The van der Waals surface area contributed by atoms with E-state index in [0.717, 1.165) is 6.42 Å². The highest BCUT2D eigenvalue weighted by Crippen LogP contribution is 2.23. The molecule has 0 unspecified atom stereocenters. The zero-order chi connectivity index (χ0) is 19.0. The number of aliphatic carboxylic acids is 1. The highest BCUT2D eigenvalue weighted by Gasteiger charge is 2.26. The summed E-state index contributed by atoms with van der Waals surface area (Å²) in [7, 11) is 0. The van der Waals surface area contributed by atoms with E-state index in [1.54, 1.807) is 31.2 Å². The van der Waals surface area contributed by atoms with Crippen LogP contribution in [0.4, 0.5) is 0 Å². The van der Waals surface area contributed by atoms with Crippen LogP contribution in [-0.2, 0) is 9.59 Å². The molecule has 1 aromatic carbocycles. The van der Waals surface area contributed by atoms with Crippen molar-refractivity contribution in [3.05, 3.63) is 34.3 Å². The first-order chi connectivity index (χ1) is 11.7. The number of hydrogen-bond acceptors (Lipinski definition) is 3. The number of carboxylic acids is 1. The third-order valence-corrected chi connectivity index (χ3v) is 4.69. The van der Waals surface area contributed by atoms with Crippen molar-refractivity contribution in [3.63, 3.8) is 0 Å². The van der Waals surface area contributed by atoms with Crippen LogP contribution in [0.15, 0.2) is 28.7 Å². The van der Waals surface area contributed by atoms with Crippen molar-refractivity contribution in [1.82, 2.24) is 10.9 Å². The van der Waals surface area contributed by atoms with Crippen LogP contribution >= 0.6 is 15.9 Å². The number of carbonyl (C=O) groups is 3. The highest BCUT2D eigenvalue weighted by atomic mass is 79.9. The first-order valence-electron chi connectivity index (χ1n) is 8.28. The molecule has 0 heterocycles. The molecule has 138 valence electrons. The topological polar surface area (TPSA) is 95.5 Å². The number of amides is 2. The Bertz CT molecular complexity index is 619. The van der Waals surface area contributed by atoms with E-state index in [1.807, 2.05) is 13.8 Å². The van der Waals surface area contributed by atoms with Crippen molar-refractivity contribution in [2.45, 2.75) is 40.0 Å². The molecule has 1 rings (SSSR count). The average molecular weight is 413 g/mol. The molecule has 0 aliphatic rings. The van der Waals surface area contributed by atoms with Crippen LogP contribution in [0.25, 0.3) is 0 Å². The standard InChI is InChI=1S/C18H25BrN2O4/c1-11(2)8-9-13(18(24)25)12(3)10-16(22)20-21-17(23)14-6-4-5-7-15(14)19/h4-7,11-13H,8-10H2,1-3H3,(H,20,22)(H,21,23)(H,24,25)/t12-,13+/m0/s1. The summed E-state index contributed by atoms with van der Waals surface area (Å²) in [5, 5.41) is 9.36. The molecule has 7 heteroatoms. The molecule has 2 atom stereocenters. The highest BCUT2D eigenvalue weighted by molar-refractivity contribution is 9.10. The lowest BCUT2D eigenvalue weighted by atomic mass is 9.85. The molecule has 3 N–H and O–H groups in total. The summed E-state index contributed by atoms with van der Waals surface area (Å²) < 4.78 is 0.620. The number of carboxylic acid groups (broad SMARTS) is 1. The molecule has 0 aliphatic heterocycles. The van der Waals surface area contributed by atoms with E-state index in [2.05, 4.69) is 26.8 Å². The molecule has 6 nitrogen and oxygen atoms in total. The molecule has 25 heavy (non-hydrogen) atoms. The van der Waals surface area contributed by atoms with Crippen molar-refractivity contribution in [3.8, 4) is 0 Å². The molecule has 0 aromatic heterocycles. The molecule has 0 radical (unpaired) electrons. The average Bonchev–Trinajstić information content (AvgIpc) is 2.52. The number of hydrogen-bond donors (Lipinski definition) is 3. The molecule has 2 amide bonds. The fourth-order valence-electron chi connectivity index (χ4n) is 2.49. The number of carbonyl (C=O) groups excluding carboxylic acids is 2. The number of benzene rings is 1. The molecule has 0 saturated heterocycles. The Morgan fingerprint density at radius 3 is 2.28 bits per heavy atom. The quantitative estimate of drug-likeness (QED) is 0.570. The number of hydrazine groups is 1. The summed E-state index contributed by atoms with van der Waals surface area (Å²) in [6.45, 7) is 5.81. The molecular formula is C18H25BrN2O4. The summed E-state index contributed by atoms with van der Waals surface area (Å²) in [6, 6.07) is 6.85. The van der Waals surface area contributed by atoms with E-state index in [-0.39, 0.29) is 12.3 Å². The van der Waals surface area contributed by atoms with Gasteiger partial charge in [0.15, 0.2) is 0 Å². The van der Waals surface area contributed by atoms with Crippen LogP contribution < -0.4 is 10.9 Å². The number of nitrogens with one attached hydrogen (secondary N) is 2. The maximum Gasteiger partial charge on any atom is 0.306 e.